The van der Waals surface area contributed by atoms with Crippen LogP contribution in [0.5, 0.6) is 5.75 Å². The minimum absolute atomic E-state index is 0.123. The fraction of sp³-hybridized carbons (Fsp3) is 0.200. The van der Waals surface area contributed by atoms with Crippen LogP contribution in [0.15, 0.2) is 84.5 Å². The van der Waals surface area contributed by atoms with E-state index in [1.165, 1.54) is 27.6 Å². The lowest BCUT2D eigenvalue weighted by Crippen LogP contribution is -2.15. The van der Waals surface area contributed by atoms with Gasteiger partial charge in [-0.25, -0.2) is 4.98 Å². The molecule has 3 aromatic carbocycles. The summed E-state index contributed by atoms with van der Waals surface area (Å²) in [6.45, 7) is 10.4. The first-order valence-corrected chi connectivity index (χ1v) is 14.4. The molecule has 0 aliphatic carbocycles. The number of anilines is 1. The predicted molar refractivity (Wildman–Crippen MR) is 160 cm³/mol. The summed E-state index contributed by atoms with van der Waals surface area (Å²) in [6, 6.07) is 21.9. The summed E-state index contributed by atoms with van der Waals surface area (Å²) in [7, 11) is 0. The maximum absolute atomic E-state index is 12.7. The third-order valence-electron chi connectivity index (χ3n) is 6.05. The number of nitrogens with zero attached hydrogens (tertiary/aromatic N) is 4. The van der Waals surface area contributed by atoms with Gasteiger partial charge < -0.3 is 10.1 Å². The Morgan fingerprint density at radius 2 is 1.82 bits per heavy atom. The number of hydrogen-bond acceptors (Lipinski definition) is 7. The number of aryl methyl sites for hydroxylation is 2. The Kier molecular flexibility index (Phi) is 8.09. The fourth-order valence-electron chi connectivity index (χ4n) is 4.06. The molecule has 9 heteroatoms. The Hall–Kier alpha value is -3.95. The Balaban J connectivity index is 1.20. The van der Waals surface area contributed by atoms with E-state index in [-0.39, 0.29) is 17.8 Å². The molecule has 2 heterocycles. The van der Waals surface area contributed by atoms with Crippen LogP contribution in [0, 0.1) is 13.8 Å². The van der Waals surface area contributed by atoms with E-state index in [0.717, 1.165) is 27.5 Å². The molecular formula is C30H29N5O2S2. The third-order valence-corrected chi connectivity index (χ3v) is 8.08. The SMILES string of the molecule is C=CCn1c(SCC(=O)Nc2ccc(-c3nc4ccc(C)cc4s3)cc2)nnc1C(C)Oc1ccc(C)cc1. The lowest BCUT2D eigenvalue weighted by molar-refractivity contribution is -0.113. The second-order valence-corrected chi connectivity index (χ2v) is 11.2. The van der Waals surface area contributed by atoms with E-state index in [9.17, 15) is 4.79 Å². The van der Waals surface area contributed by atoms with Crippen molar-refractivity contribution in [2.24, 2.45) is 0 Å². The number of aromatic nitrogens is 4. The highest BCUT2D eigenvalue weighted by Gasteiger charge is 2.20. The first-order chi connectivity index (χ1) is 18.9. The van der Waals surface area contributed by atoms with Crippen molar-refractivity contribution in [3.05, 3.63) is 96.3 Å². The summed E-state index contributed by atoms with van der Waals surface area (Å²) in [5.41, 5.74) is 5.14. The van der Waals surface area contributed by atoms with Gasteiger partial charge in [0.2, 0.25) is 5.91 Å². The maximum Gasteiger partial charge on any atom is 0.234 e. The second kappa shape index (κ2) is 11.8. The number of carbonyl (C=O) groups is 1. The molecule has 1 amide bonds. The monoisotopic (exact) mass is 555 g/mol. The van der Waals surface area contributed by atoms with E-state index in [4.69, 9.17) is 9.72 Å². The van der Waals surface area contributed by atoms with E-state index >= 15 is 0 Å². The van der Waals surface area contributed by atoms with Gasteiger partial charge in [-0.1, -0.05) is 41.6 Å². The Bertz CT molecular complexity index is 1610. The Morgan fingerprint density at radius 3 is 2.56 bits per heavy atom. The number of allylic oxidation sites excluding steroid dienone is 1. The van der Waals surface area contributed by atoms with Crippen LogP contribution < -0.4 is 10.1 Å². The van der Waals surface area contributed by atoms with E-state index in [2.05, 4.69) is 41.1 Å². The lowest BCUT2D eigenvalue weighted by Gasteiger charge is -2.16. The van der Waals surface area contributed by atoms with Crippen LogP contribution in [-0.2, 0) is 11.3 Å². The number of hydrogen-bond donors (Lipinski definition) is 1. The molecule has 198 valence electrons. The average molecular weight is 556 g/mol. The van der Waals surface area contributed by atoms with Crippen molar-refractivity contribution in [1.29, 1.82) is 0 Å². The zero-order chi connectivity index (χ0) is 27.4. The summed E-state index contributed by atoms with van der Waals surface area (Å²) >= 11 is 3.00. The zero-order valence-electron chi connectivity index (χ0n) is 22.0. The van der Waals surface area contributed by atoms with Crippen molar-refractivity contribution >= 4 is 44.9 Å². The van der Waals surface area contributed by atoms with Gasteiger partial charge in [0, 0.05) is 17.8 Å². The van der Waals surface area contributed by atoms with Crippen LogP contribution in [0.3, 0.4) is 0 Å². The second-order valence-electron chi connectivity index (χ2n) is 9.22. The lowest BCUT2D eigenvalue weighted by atomic mass is 10.2. The number of amides is 1. The van der Waals surface area contributed by atoms with Gasteiger partial charge in [0.15, 0.2) is 17.1 Å². The zero-order valence-corrected chi connectivity index (χ0v) is 23.7. The minimum Gasteiger partial charge on any atom is -0.483 e. The van der Waals surface area contributed by atoms with Crippen molar-refractivity contribution < 1.29 is 9.53 Å². The van der Waals surface area contributed by atoms with Gasteiger partial charge in [0.05, 0.1) is 16.0 Å². The summed E-state index contributed by atoms with van der Waals surface area (Å²) < 4.78 is 9.17. The highest BCUT2D eigenvalue weighted by molar-refractivity contribution is 7.99. The first kappa shape index (κ1) is 26.6. The normalized spacial score (nSPS) is 11.9. The van der Waals surface area contributed by atoms with Gasteiger partial charge in [-0.3, -0.25) is 9.36 Å². The van der Waals surface area contributed by atoms with Gasteiger partial charge >= 0.3 is 0 Å². The number of ether oxygens (including phenoxy) is 1. The third kappa shape index (κ3) is 6.38. The van der Waals surface area contributed by atoms with Crippen LogP contribution in [0.4, 0.5) is 5.69 Å². The minimum atomic E-state index is -0.318. The summed E-state index contributed by atoms with van der Waals surface area (Å²) in [4.78, 5) is 17.5. The summed E-state index contributed by atoms with van der Waals surface area (Å²) in [5.74, 6) is 1.52. The molecule has 0 bridgehead atoms. The standard InChI is InChI=1S/C30H29N5O2S2/c1-5-16-35-28(21(4)37-24-13-6-19(2)7-14-24)33-34-30(35)38-18-27(36)31-23-11-9-22(10-12-23)29-32-25-15-8-20(3)17-26(25)39-29/h5-15,17,21H,1,16,18H2,2-4H3,(H,31,36). The smallest absolute Gasteiger partial charge is 0.234 e. The van der Waals surface area contributed by atoms with E-state index in [1.54, 1.807) is 17.4 Å². The Morgan fingerprint density at radius 1 is 1.08 bits per heavy atom. The van der Waals surface area contributed by atoms with Crippen LogP contribution in [0.1, 0.15) is 30.0 Å². The quantitative estimate of drug-likeness (QED) is 0.145. The van der Waals surface area contributed by atoms with Crippen molar-refractivity contribution in [1.82, 2.24) is 19.7 Å². The maximum atomic E-state index is 12.7. The molecule has 5 rings (SSSR count). The van der Waals surface area contributed by atoms with Crippen molar-refractivity contribution in [3.8, 4) is 16.3 Å². The largest absolute Gasteiger partial charge is 0.483 e. The van der Waals surface area contributed by atoms with Crippen LogP contribution in [0.2, 0.25) is 0 Å². The van der Waals surface area contributed by atoms with Crippen molar-refractivity contribution in [2.45, 2.75) is 38.6 Å². The topological polar surface area (TPSA) is 81.9 Å². The molecule has 7 nitrogen and oxygen atoms in total. The molecule has 0 aliphatic rings. The molecule has 1 atom stereocenters. The Labute approximate surface area is 236 Å². The first-order valence-electron chi connectivity index (χ1n) is 12.6. The van der Waals surface area contributed by atoms with Crippen LogP contribution >= 0.6 is 23.1 Å². The molecule has 0 saturated heterocycles. The molecular weight excluding hydrogens is 526 g/mol. The summed E-state index contributed by atoms with van der Waals surface area (Å²) in [6.07, 6.45) is 1.46. The van der Waals surface area contributed by atoms with Gasteiger partial charge in [-0.2, -0.15) is 0 Å². The molecule has 0 saturated carbocycles. The molecule has 2 aromatic heterocycles. The molecule has 0 spiro atoms. The summed E-state index contributed by atoms with van der Waals surface area (Å²) in [5, 5.41) is 13.2. The number of rotatable bonds is 10. The molecule has 0 radical (unpaired) electrons. The van der Waals surface area contributed by atoms with E-state index in [0.29, 0.717) is 17.5 Å². The van der Waals surface area contributed by atoms with Gasteiger partial charge in [-0.05, 0) is 74.9 Å². The number of thioether (sulfide) groups is 1. The highest BCUT2D eigenvalue weighted by atomic mass is 32.2. The molecule has 1 unspecified atom stereocenters. The number of thiazole rings is 1. The van der Waals surface area contributed by atoms with Gasteiger partial charge in [0.25, 0.3) is 0 Å². The number of fused-ring (bicyclic) bond motifs is 1. The number of benzene rings is 3. The van der Waals surface area contributed by atoms with Crippen molar-refractivity contribution in [3.63, 3.8) is 0 Å². The van der Waals surface area contributed by atoms with E-state index in [1.807, 2.05) is 73.0 Å². The fourth-order valence-corrected chi connectivity index (χ4v) is 5.88. The van der Waals surface area contributed by atoms with Gasteiger partial charge in [0.1, 0.15) is 10.8 Å². The predicted octanol–water partition coefficient (Wildman–Crippen LogP) is 7.23. The molecule has 1 N–H and O–H groups in total. The number of carbonyl (C=O) groups excluding carboxylic acids is 1. The van der Waals surface area contributed by atoms with Gasteiger partial charge in [-0.15, -0.1) is 28.1 Å². The van der Waals surface area contributed by atoms with Crippen molar-refractivity contribution in [2.75, 3.05) is 11.1 Å². The highest BCUT2D eigenvalue weighted by Crippen LogP contribution is 2.31. The molecule has 39 heavy (non-hydrogen) atoms. The molecule has 5 aromatic rings. The van der Waals surface area contributed by atoms with E-state index < -0.39 is 0 Å². The van der Waals surface area contributed by atoms with Crippen LogP contribution in [-0.4, -0.2) is 31.4 Å². The van der Waals surface area contributed by atoms with Crippen LogP contribution in [0.25, 0.3) is 20.8 Å². The number of nitrogens with one attached hydrogen (secondary N) is 1. The average Bonchev–Trinajstić information content (AvgIpc) is 3.53. The molecule has 0 aliphatic heterocycles. The molecule has 0 fully saturated rings.